The van der Waals surface area contributed by atoms with E-state index in [1.54, 1.807) is 18.6 Å². The van der Waals surface area contributed by atoms with Gasteiger partial charge in [-0.25, -0.2) is 14.4 Å². The van der Waals surface area contributed by atoms with Crippen LogP contribution in [0.15, 0.2) is 36.8 Å². The molecule has 1 aliphatic carbocycles. The Hall–Kier alpha value is -2.68. The van der Waals surface area contributed by atoms with Gasteiger partial charge >= 0.3 is 0 Å². The van der Waals surface area contributed by atoms with Gasteiger partial charge in [0.25, 0.3) is 0 Å². The second-order valence-electron chi connectivity index (χ2n) is 6.40. The van der Waals surface area contributed by atoms with Crippen LogP contribution < -0.4 is 9.80 Å². The molecule has 1 unspecified atom stereocenters. The Morgan fingerprint density at radius 3 is 2.79 bits per heavy atom. The van der Waals surface area contributed by atoms with Crippen molar-refractivity contribution in [3.05, 3.63) is 48.2 Å². The first-order valence-electron chi connectivity index (χ1n) is 8.24. The number of aromatic nitrogens is 2. The predicted molar refractivity (Wildman–Crippen MR) is 89.3 cm³/mol. The van der Waals surface area contributed by atoms with Crippen molar-refractivity contribution in [2.24, 2.45) is 0 Å². The molecule has 0 spiro atoms. The molecule has 5 nitrogen and oxygen atoms in total. The van der Waals surface area contributed by atoms with Crippen molar-refractivity contribution < 1.29 is 4.39 Å². The lowest BCUT2D eigenvalue weighted by Crippen LogP contribution is -2.40. The van der Waals surface area contributed by atoms with E-state index in [4.69, 9.17) is 5.26 Å². The molecule has 4 rings (SSSR count). The fraction of sp³-hybridized carbons (Fsp3) is 0.389. The normalized spacial score (nSPS) is 20.0. The number of hydrogen-bond donors (Lipinski definition) is 0. The Morgan fingerprint density at radius 1 is 1.21 bits per heavy atom. The Balaban J connectivity index is 1.55. The molecule has 24 heavy (non-hydrogen) atoms. The number of benzene rings is 1. The minimum absolute atomic E-state index is 0.348. The summed E-state index contributed by atoms with van der Waals surface area (Å²) in [6.45, 7) is 1.67. The number of rotatable bonds is 4. The topological polar surface area (TPSA) is 56.1 Å². The van der Waals surface area contributed by atoms with Gasteiger partial charge in [-0.1, -0.05) is 0 Å². The van der Waals surface area contributed by atoms with Crippen molar-refractivity contribution in [3.63, 3.8) is 0 Å². The van der Waals surface area contributed by atoms with Crippen LogP contribution in [0.1, 0.15) is 24.8 Å². The third kappa shape index (κ3) is 2.90. The Bertz CT molecular complexity index is 769. The van der Waals surface area contributed by atoms with E-state index in [1.165, 1.54) is 25.0 Å². The zero-order chi connectivity index (χ0) is 16.5. The van der Waals surface area contributed by atoms with Gasteiger partial charge < -0.3 is 9.80 Å². The summed E-state index contributed by atoms with van der Waals surface area (Å²) >= 11 is 0. The van der Waals surface area contributed by atoms with E-state index in [2.05, 4.69) is 19.8 Å². The zero-order valence-corrected chi connectivity index (χ0v) is 13.3. The van der Waals surface area contributed by atoms with E-state index in [9.17, 15) is 4.39 Å². The standard InChI is InChI=1S/C18H18FN5/c19-14-7-13(10-20)8-17(9-14)23-6-4-16(11-23)24(15-1-2-15)18-3-5-21-12-22-18/h3,5,7-9,12,15-16H,1-2,4,6,11H2. The van der Waals surface area contributed by atoms with Gasteiger partial charge in [0.05, 0.1) is 11.6 Å². The molecule has 1 saturated heterocycles. The number of anilines is 2. The first-order valence-corrected chi connectivity index (χ1v) is 8.24. The second kappa shape index (κ2) is 6.08. The van der Waals surface area contributed by atoms with Crippen LogP contribution in [0.2, 0.25) is 0 Å². The van der Waals surface area contributed by atoms with E-state index in [0.717, 1.165) is 31.0 Å². The van der Waals surface area contributed by atoms with Crippen molar-refractivity contribution in [2.75, 3.05) is 22.9 Å². The van der Waals surface area contributed by atoms with Crippen LogP contribution in [0.4, 0.5) is 15.9 Å². The number of hydrogen-bond acceptors (Lipinski definition) is 5. The summed E-state index contributed by atoms with van der Waals surface area (Å²) < 4.78 is 13.7. The minimum Gasteiger partial charge on any atom is -0.369 e. The molecule has 6 heteroatoms. The SMILES string of the molecule is N#Cc1cc(F)cc(N2CCC(N(c3ccncn3)C3CC3)C2)c1. The van der Waals surface area contributed by atoms with E-state index in [0.29, 0.717) is 17.6 Å². The van der Waals surface area contributed by atoms with Gasteiger partial charge in [-0.15, -0.1) is 0 Å². The van der Waals surface area contributed by atoms with Crippen LogP contribution in [0.3, 0.4) is 0 Å². The molecule has 2 fully saturated rings. The second-order valence-corrected chi connectivity index (χ2v) is 6.40. The molecule has 2 heterocycles. The number of nitrogens with zero attached hydrogens (tertiary/aromatic N) is 5. The van der Waals surface area contributed by atoms with E-state index < -0.39 is 0 Å². The van der Waals surface area contributed by atoms with Crippen LogP contribution in [-0.2, 0) is 0 Å². The first-order chi connectivity index (χ1) is 11.7. The molecule has 1 aliphatic heterocycles. The molecule has 2 aliphatic rings. The first kappa shape index (κ1) is 14.9. The predicted octanol–water partition coefficient (Wildman–Crippen LogP) is 2.74. The van der Waals surface area contributed by atoms with Crippen molar-refractivity contribution in [2.45, 2.75) is 31.3 Å². The summed E-state index contributed by atoms with van der Waals surface area (Å²) in [5, 5.41) is 9.04. The highest BCUT2D eigenvalue weighted by molar-refractivity contribution is 5.54. The highest BCUT2D eigenvalue weighted by atomic mass is 19.1. The molecule has 1 atom stereocenters. The van der Waals surface area contributed by atoms with E-state index in [1.807, 2.05) is 12.1 Å². The summed E-state index contributed by atoms with van der Waals surface area (Å²) in [7, 11) is 0. The third-order valence-corrected chi connectivity index (χ3v) is 4.70. The third-order valence-electron chi connectivity index (χ3n) is 4.70. The van der Waals surface area contributed by atoms with Crippen molar-refractivity contribution in [3.8, 4) is 6.07 Å². The van der Waals surface area contributed by atoms with Gasteiger partial charge in [-0.3, -0.25) is 0 Å². The molecule has 1 aromatic heterocycles. The quantitative estimate of drug-likeness (QED) is 0.866. The summed E-state index contributed by atoms with van der Waals surface area (Å²) in [4.78, 5) is 13.0. The van der Waals surface area contributed by atoms with Gasteiger partial charge in [0, 0.05) is 37.1 Å². The Morgan fingerprint density at radius 2 is 2.08 bits per heavy atom. The molecule has 122 valence electrons. The van der Waals surface area contributed by atoms with Crippen LogP contribution in [0.25, 0.3) is 0 Å². The highest BCUT2D eigenvalue weighted by Gasteiger charge is 2.38. The maximum Gasteiger partial charge on any atom is 0.132 e. The Kier molecular flexibility index (Phi) is 3.77. The fourth-order valence-electron chi connectivity index (χ4n) is 3.49. The van der Waals surface area contributed by atoms with E-state index >= 15 is 0 Å². The Labute approximate surface area is 140 Å². The molecule has 0 N–H and O–H groups in total. The molecular weight excluding hydrogens is 305 g/mol. The number of halogens is 1. The summed E-state index contributed by atoms with van der Waals surface area (Å²) in [6, 6.07) is 9.42. The number of nitriles is 1. The van der Waals surface area contributed by atoms with E-state index in [-0.39, 0.29) is 5.82 Å². The largest absolute Gasteiger partial charge is 0.369 e. The van der Waals surface area contributed by atoms with Crippen molar-refractivity contribution >= 4 is 11.5 Å². The van der Waals surface area contributed by atoms with Gasteiger partial charge in [-0.05, 0) is 43.5 Å². The average molecular weight is 323 g/mol. The maximum absolute atomic E-state index is 13.7. The lowest BCUT2D eigenvalue weighted by molar-refractivity contribution is 0.622. The molecule has 1 aromatic carbocycles. The highest BCUT2D eigenvalue weighted by Crippen LogP contribution is 2.35. The van der Waals surface area contributed by atoms with Gasteiger partial charge in [0.2, 0.25) is 0 Å². The van der Waals surface area contributed by atoms with Crippen LogP contribution in [-0.4, -0.2) is 35.1 Å². The smallest absolute Gasteiger partial charge is 0.132 e. The molecule has 2 aromatic rings. The van der Waals surface area contributed by atoms with Crippen molar-refractivity contribution in [1.82, 2.24) is 9.97 Å². The summed E-state index contributed by atoms with van der Waals surface area (Å²) in [6.07, 6.45) is 6.75. The van der Waals surface area contributed by atoms with Crippen LogP contribution >= 0.6 is 0 Å². The maximum atomic E-state index is 13.7. The molecular formula is C18H18FN5. The molecule has 1 saturated carbocycles. The van der Waals surface area contributed by atoms with Crippen LogP contribution in [0, 0.1) is 17.1 Å². The lowest BCUT2D eigenvalue weighted by atomic mass is 10.2. The average Bonchev–Trinajstić information content (AvgIpc) is 3.31. The monoisotopic (exact) mass is 323 g/mol. The molecule has 0 bridgehead atoms. The lowest BCUT2D eigenvalue weighted by Gasteiger charge is -2.30. The van der Waals surface area contributed by atoms with Gasteiger partial charge in [0.1, 0.15) is 18.0 Å². The van der Waals surface area contributed by atoms with Crippen LogP contribution in [0.5, 0.6) is 0 Å². The zero-order valence-electron chi connectivity index (χ0n) is 13.3. The molecule has 0 amide bonds. The van der Waals surface area contributed by atoms with Gasteiger partial charge in [0.15, 0.2) is 0 Å². The fourth-order valence-corrected chi connectivity index (χ4v) is 3.49. The summed E-state index contributed by atoms with van der Waals surface area (Å²) in [5.74, 6) is 0.610. The minimum atomic E-state index is -0.359. The summed E-state index contributed by atoms with van der Waals surface area (Å²) in [5.41, 5.74) is 1.15. The van der Waals surface area contributed by atoms with Crippen molar-refractivity contribution in [1.29, 1.82) is 5.26 Å². The molecule has 0 radical (unpaired) electrons. The van der Waals surface area contributed by atoms with Gasteiger partial charge in [-0.2, -0.15) is 5.26 Å².